The number of carbonyl (C=O) groups is 1. The molecule has 0 saturated heterocycles. The van der Waals surface area contributed by atoms with Crippen molar-refractivity contribution in [1.29, 1.82) is 0 Å². The maximum Gasteiger partial charge on any atom is 0.274 e. The quantitative estimate of drug-likeness (QED) is 0.766. The van der Waals surface area contributed by atoms with E-state index in [0.29, 0.717) is 21.9 Å². The lowest BCUT2D eigenvalue weighted by Crippen LogP contribution is -2.28. The molecule has 3 rings (SSSR count). The van der Waals surface area contributed by atoms with Gasteiger partial charge in [0.2, 0.25) is 0 Å². The summed E-state index contributed by atoms with van der Waals surface area (Å²) in [5.41, 5.74) is 1.90. The average Bonchev–Trinajstić information content (AvgIpc) is 2.81. The fourth-order valence-electron chi connectivity index (χ4n) is 2.74. The zero-order chi connectivity index (χ0) is 17.4. The molecule has 6 nitrogen and oxygen atoms in total. The second kappa shape index (κ2) is 6.13. The third kappa shape index (κ3) is 2.80. The van der Waals surface area contributed by atoms with Gasteiger partial charge in [-0.2, -0.15) is 0 Å². The second-order valence-electron chi connectivity index (χ2n) is 5.73. The van der Waals surface area contributed by atoms with Crippen molar-refractivity contribution in [2.75, 3.05) is 0 Å². The normalized spacial score (nSPS) is 12.3. The molecule has 0 spiro atoms. The number of nitrogens with zero attached hydrogens (tertiary/aromatic N) is 2. The van der Waals surface area contributed by atoms with Gasteiger partial charge in [-0.1, -0.05) is 29.8 Å². The van der Waals surface area contributed by atoms with Gasteiger partial charge in [-0.05, 0) is 31.5 Å². The number of nitrogens with one attached hydrogen (secondary N) is 2. The first kappa shape index (κ1) is 16.3. The Labute approximate surface area is 143 Å². The number of aromatic nitrogens is 3. The lowest BCUT2D eigenvalue weighted by atomic mass is 10.1. The number of benzene rings is 1. The molecule has 1 aromatic carbocycles. The van der Waals surface area contributed by atoms with Crippen molar-refractivity contribution in [3.05, 3.63) is 62.5 Å². The Balaban J connectivity index is 2.00. The van der Waals surface area contributed by atoms with Gasteiger partial charge < -0.3 is 5.32 Å². The van der Waals surface area contributed by atoms with Gasteiger partial charge in [0.15, 0.2) is 5.65 Å². The van der Waals surface area contributed by atoms with Gasteiger partial charge in [0.05, 0.1) is 17.0 Å². The first-order valence-electron chi connectivity index (χ1n) is 7.50. The highest BCUT2D eigenvalue weighted by Gasteiger charge is 2.20. The van der Waals surface area contributed by atoms with E-state index in [9.17, 15) is 9.59 Å². The molecule has 2 N–H and O–H groups in total. The minimum Gasteiger partial charge on any atom is -0.345 e. The fraction of sp³-hybridized carbons (Fsp3) is 0.235. The second-order valence-corrected chi connectivity index (χ2v) is 6.13. The Hall–Kier alpha value is -2.60. The van der Waals surface area contributed by atoms with E-state index in [1.54, 1.807) is 26.1 Å². The first-order valence-corrected chi connectivity index (χ1v) is 7.88. The van der Waals surface area contributed by atoms with Crippen LogP contribution in [0.3, 0.4) is 0 Å². The number of aromatic amines is 1. The number of pyridine rings is 1. The summed E-state index contributed by atoms with van der Waals surface area (Å²) in [6, 6.07) is 8.65. The van der Waals surface area contributed by atoms with Gasteiger partial charge in [0, 0.05) is 17.8 Å². The topological polar surface area (TPSA) is 79.8 Å². The van der Waals surface area contributed by atoms with Crippen LogP contribution in [-0.2, 0) is 7.05 Å². The largest absolute Gasteiger partial charge is 0.345 e. The van der Waals surface area contributed by atoms with Crippen LogP contribution in [0.15, 0.2) is 35.1 Å². The number of fused-ring (bicyclic) bond motifs is 1. The predicted molar refractivity (Wildman–Crippen MR) is 93.4 cm³/mol. The predicted octanol–water partition coefficient (Wildman–Crippen LogP) is 2.71. The van der Waals surface area contributed by atoms with Gasteiger partial charge in [-0.15, -0.1) is 0 Å². The van der Waals surface area contributed by atoms with Crippen LogP contribution in [0.4, 0.5) is 0 Å². The number of carbonyl (C=O) groups excluding carboxylic acids is 1. The Morgan fingerprint density at radius 2 is 2.08 bits per heavy atom. The summed E-state index contributed by atoms with van der Waals surface area (Å²) in [5, 5.41) is 6.39. The van der Waals surface area contributed by atoms with Crippen LogP contribution >= 0.6 is 11.6 Å². The Morgan fingerprint density at radius 1 is 1.38 bits per heavy atom. The number of aryl methyl sites for hydroxylation is 2. The van der Waals surface area contributed by atoms with Crippen LogP contribution in [0.25, 0.3) is 11.0 Å². The summed E-state index contributed by atoms with van der Waals surface area (Å²) in [5.74, 6) is -0.338. The molecule has 0 radical (unpaired) electrons. The smallest absolute Gasteiger partial charge is 0.274 e. The standard InChI is InChI=1S/C17H17ClN4O2/c1-9-8-12(14-15(19-9)22(3)21-17(14)24)16(23)20-10(2)11-6-4-5-7-13(11)18/h4-8,10H,1-3H3,(H,20,23)(H,21,24). The number of hydrogen-bond donors (Lipinski definition) is 2. The van der Waals surface area contributed by atoms with Gasteiger partial charge in [-0.25, -0.2) is 4.98 Å². The van der Waals surface area contributed by atoms with Gasteiger partial charge in [-0.3, -0.25) is 19.4 Å². The maximum atomic E-state index is 12.7. The van der Waals surface area contributed by atoms with E-state index in [1.165, 1.54) is 4.68 Å². The average molecular weight is 345 g/mol. The van der Waals surface area contributed by atoms with Gasteiger partial charge >= 0.3 is 0 Å². The van der Waals surface area contributed by atoms with Crippen LogP contribution in [0.2, 0.25) is 5.02 Å². The molecule has 1 amide bonds. The van der Waals surface area contributed by atoms with Gasteiger partial charge in [0.1, 0.15) is 0 Å². The van der Waals surface area contributed by atoms with E-state index in [4.69, 9.17) is 11.6 Å². The van der Waals surface area contributed by atoms with Crippen LogP contribution < -0.4 is 10.9 Å². The third-order valence-electron chi connectivity index (χ3n) is 3.91. The van der Waals surface area contributed by atoms with E-state index < -0.39 is 0 Å². The molecule has 1 unspecified atom stereocenters. The Morgan fingerprint density at radius 3 is 2.79 bits per heavy atom. The van der Waals surface area contributed by atoms with Crippen LogP contribution in [-0.4, -0.2) is 20.7 Å². The van der Waals surface area contributed by atoms with E-state index in [0.717, 1.165) is 5.56 Å². The molecule has 0 aliphatic heterocycles. The number of halogens is 1. The SMILES string of the molecule is Cc1cc(C(=O)NC(C)c2ccccc2Cl)c2c(=O)[nH]n(C)c2n1. The molecular weight excluding hydrogens is 328 g/mol. The number of amides is 1. The van der Waals surface area contributed by atoms with Crippen molar-refractivity contribution in [2.24, 2.45) is 7.05 Å². The van der Waals surface area contributed by atoms with Crippen LogP contribution in [0, 0.1) is 6.92 Å². The zero-order valence-corrected chi connectivity index (χ0v) is 14.3. The summed E-state index contributed by atoms with van der Waals surface area (Å²) < 4.78 is 1.51. The highest BCUT2D eigenvalue weighted by atomic mass is 35.5. The number of rotatable bonds is 3. The molecule has 0 saturated carbocycles. The molecule has 1 atom stereocenters. The highest BCUT2D eigenvalue weighted by Crippen LogP contribution is 2.23. The molecule has 0 fully saturated rings. The minimum atomic E-state index is -0.338. The number of hydrogen-bond acceptors (Lipinski definition) is 3. The molecule has 7 heteroatoms. The van der Waals surface area contributed by atoms with Crippen molar-refractivity contribution in [2.45, 2.75) is 19.9 Å². The molecule has 124 valence electrons. The van der Waals surface area contributed by atoms with Crippen molar-refractivity contribution in [3.8, 4) is 0 Å². The van der Waals surface area contributed by atoms with Gasteiger partial charge in [0.25, 0.3) is 11.5 Å². The van der Waals surface area contributed by atoms with Crippen LogP contribution in [0.1, 0.15) is 34.6 Å². The number of H-pyrrole nitrogens is 1. The lowest BCUT2D eigenvalue weighted by molar-refractivity contribution is 0.0941. The molecule has 0 bridgehead atoms. The molecule has 2 heterocycles. The Kier molecular flexibility index (Phi) is 4.15. The van der Waals surface area contributed by atoms with E-state index in [-0.39, 0.29) is 22.9 Å². The van der Waals surface area contributed by atoms with Crippen molar-refractivity contribution < 1.29 is 4.79 Å². The third-order valence-corrected chi connectivity index (χ3v) is 4.25. The molecular formula is C17H17ClN4O2. The summed E-state index contributed by atoms with van der Waals surface area (Å²) in [6.07, 6.45) is 0. The summed E-state index contributed by atoms with van der Waals surface area (Å²) in [6.45, 7) is 3.63. The molecule has 0 aliphatic carbocycles. The van der Waals surface area contributed by atoms with E-state index in [1.807, 2.05) is 25.1 Å². The summed E-state index contributed by atoms with van der Waals surface area (Å²) in [4.78, 5) is 29.2. The zero-order valence-electron chi connectivity index (χ0n) is 13.6. The lowest BCUT2D eigenvalue weighted by Gasteiger charge is -2.16. The van der Waals surface area contributed by atoms with E-state index in [2.05, 4.69) is 15.4 Å². The highest BCUT2D eigenvalue weighted by molar-refractivity contribution is 6.31. The minimum absolute atomic E-state index is 0.284. The Bertz CT molecular complexity index is 990. The maximum absolute atomic E-state index is 12.7. The molecule has 2 aromatic heterocycles. The van der Waals surface area contributed by atoms with Crippen molar-refractivity contribution >= 4 is 28.5 Å². The van der Waals surface area contributed by atoms with Crippen molar-refractivity contribution in [3.63, 3.8) is 0 Å². The molecule has 0 aliphatic rings. The molecule has 3 aromatic rings. The van der Waals surface area contributed by atoms with Crippen LogP contribution in [0.5, 0.6) is 0 Å². The van der Waals surface area contributed by atoms with E-state index >= 15 is 0 Å². The molecule has 24 heavy (non-hydrogen) atoms. The summed E-state index contributed by atoms with van der Waals surface area (Å²) >= 11 is 6.18. The van der Waals surface area contributed by atoms with Crippen molar-refractivity contribution in [1.82, 2.24) is 20.1 Å². The first-order chi connectivity index (χ1) is 11.4. The summed E-state index contributed by atoms with van der Waals surface area (Å²) in [7, 11) is 1.68. The fourth-order valence-corrected chi connectivity index (χ4v) is 3.04. The monoisotopic (exact) mass is 344 g/mol.